The molecule has 0 aliphatic carbocycles. The van der Waals surface area contributed by atoms with Crippen LogP contribution in [0.5, 0.6) is 17.2 Å². The van der Waals surface area contributed by atoms with Crippen LogP contribution in [-0.2, 0) is 6.54 Å². The first-order chi connectivity index (χ1) is 9.13. The highest BCUT2D eigenvalue weighted by atomic mass is 16.4. The maximum absolute atomic E-state index is 9.86. The predicted molar refractivity (Wildman–Crippen MR) is 69.9 cm³/mol. The molecular formula is C13H18N2O4. The first kappa shape index (κ1) is 13.5. The number of nitrogens with zero attached hydrogens (tertiary/aromatic N) is 2. The SMILES string of the molecule is O/N=C/c1cc(CN2CCCCC2)c(O)c(O)c1O. The number of phenolic OH excluding ortho intramolecular Hbond substituents is 3. The molecule has 6 nitrogen and oxygen atoms in total. The molecule has 0 amide bonds. The fraction of sp³-hybridized carbons (Fsp3) is 0.462. The maximum Gasteiger partial charge on any atom is 0.201 e. The quantitative estimate of drug-likeness (QED) is 0.288. The zero-order chi connectivity index (χ0) is 13.8. The monoisotopic (exact) mass is 266 g/mol. The van der Waals surface area contributed by atoms with Gasteiger partial charge in [-0.3, -0.25) is 4.90 Å². The number of likely N-dealkylation sites (tertiary alicyclic amines) is 1. The highest BCUT2D eigenvalue weighted by molar-refractivity contribution is 5.86. The van der Waals surface area contributed by atoms with E-state index in [1.807, 2.05) is 0 Å². The first-order valence-electron chi connectivity index (χ1n) is 6.30. The summed E-state index contributed by atoms with van der Waals surface area (Å²) in [7, 11) is 0. The molecule has 6 heteroatoms. The van der Waals surface area contributed by atoms with Gasteiger partial charge in [-0.2, -0.15) is 0 Å². The normalized spacial score (nSPS) is 17.1. The molecule has 1 saturated heterocycles. The second-order valence-electron chi connectivity index (χ2n) is 4.75. The number of rotatable bonds is 3. The van der Waals surface area contributed by atoms with E-state index >= 15 is 0 Å². The number of benzene rings is 1. The average molecular weight is 266 g/mol. The van der Waals surface area contributed by atoms with Crippen molar-refractivity contribution in [2.45, 2.75) is 25.8 Å². The second-order valence-corrected chi connectivity index (χ2v) is 4.75. The molecule has 1 aliphatic rings. The maximum atomic E-state index is 9.86. The van der Waals surface area contributed by atoms with Gasteiger partial charge in [0.05, 0.1) is 6.21 Å². The molecule has 0 bridgehead atoms. The van der Waals surface area contributed by atoms with Crippen molar-refractivity contribution in [1.82, 2.24) is 4.90 Å². The van der Waals surface area contributed by atoms with Crippen LogP contribution in [0.25, 0.3) is 0 Å². The van der Waals surface area contributed by atoms with Crippen LogP contribution in [0.15, 0.2) is 11.2 Å². The van der Waals surface area contributed by atoms with Gasteiger partial charge in [-0.05, 0) is 32.0 Å². The Balaban J connectivity index is 2.28. The molecule has 1 fully saturated rings. The number of piperidine rings is 1. The summed E-state index contributed by atoms with van der Waals surface area (Å²) in [6, 6.07) is 1.51. The summed E-state index contributed by atoms with van der Waals surface area (Å²) in [5, 5.41) is 40.5. The van der Waals surface area contributed by atoms with Crippen LogP contribution in [0.4, 0.5) is 0 Å². The van der Waals surface area contributed by atoms with Crippen LogP contribution < -0.4 is 0 Å². The first-order valence-corrected chi connectivity index (χ1v) is 6.30. The minimum Gasteiger partial charge on any atom is -0.504 e. The van der Waals surface area contributed by atoms with Crippen molar-refractivity contribution in [3.63, 3.8) is 0 Å². The molecule has 0 radical (unpaired) electrons. The average Bonchev–Trinajstić information content (AvgIpc) is 2.43. The van der Waals surface area contributed by atoms with E-state index in [4.69, 9.17) is 5.21 Å². The number of hydrogen-bond acceptors (Lipinski definition) is 6. The van der Waals surface area contributed by atoms with Gasteiger partial charge in [0.15, 0.2) is 11.5 Å². The Bertz CT molecular complexity index is 482. The van der Waals surface area contributed by atoms with Crippen LogP contribution in [0.1, 0.15) is 30.4 Å². The van der Waals surface area contributed by atoms with Crippen molar-refractivity contribution in [2.24, 2.45) is 5.16 Å². The molecular weight excluding hydrogens is 248 g/mol. The Labute approximate surface area is 111 Å². The Hall–Kier alpha value is -1.95. The van der Waals surface area contributed by atoms with E-state index in [1.54, 1.807) is 0 Å². The fourth-order valence-electron chi connectivity index (χ4n) is 2.36. The van der Waals surface area contributed by atoms with Crippen LogP contribution >= 0.6 is 0 Å². The molecule has 1 heterocycles. The summed E-state index contributed by atoms with van der Waals surface area (Å²) >= 11 is 0. The number of hydrogen-bond donors (Lipinski definition) is 4. The summed E-state index contributed by atoms with van der Waals surface area (Å²) in [4.78, 5) is 2.18. The van der Waals surface area contributed by atoms with Gasteiger partial charge in [-0.25, -0.2) is 0 Å². The van der Waals surface area contributed by atoms with Crippen molar-refractivity contribution in [3.8, 4) is 17.2 Å². The van der Waals surface area contributed by atoms with Gasteiger partial charge in [-0.1, -0.05) is 11.6 Å². The van der Waals surface area contributed by atoms with Crippen molar-refractivity contribution in [2.75, 3.05) is 13.1 Å². The van der Waals surface area contributed by atoms with Crippen molar-refractivity contribution in [1.29, 1.82) is 0 Å². The zero-order valence-corrected chi connectivity index (χ0v) is 10.6. The molecule has 1 aromatic carbocycles. The summed E-state index contributed by atoms with van der Waals surface area (Å²) in [6.45, 7) is 2.39. The Kier molecular flexibility index (Phi) is 4.11. The van der Waals surface area contributed by atoms with Crippen molar-refractivity contribution >= 4 is 6.21 Å². The molecule has 1 aromatic rings. The Morgan fingerprint density at radius 1 is 1.05 bits per heavy atom. The van der Waals surface area contributed by atoms with E-state index in [1.165, 1.54) is 12.5 Å². The minimum atomic E-state index is -0.579. The molecule has 19 heavy (non-hydrogen) atoms. The van der Waals surface area contributed by atoms with E-state index < -0.39 is 11.5 Å². The lowest BCUT2D eigenvalue weighted by Crippen LogP contribution is -2.29. The van der Waals surface area contributed by atoms with Crippen LogP contribution in [0.2, 0.25) is 0 Å². The molecule has 0 atom stereocenters. The third-order valence-electron chi connectivity index (χ3n) is 3.40. The van der Waals surface area contributed by atoms with Gasteiger partial charge in [0, 0.05) is 17.7 Å². The molecule has 0 saturated carbocycles. The minimum absolute atomic E-state index is 0.171. The lowest BCUT2D eigenvalue weighted by molar-refractivity contribution is 0.217. The van der Waals surface area contributed by atoms with Crippen molar-refractivity contribution < 1.29 is 20.5 Å². The van der Waals surface area contributed by atoms with Gasteiger partial charge in [-0.15, -0.1) is 0 Å². The van der Waals surface area contributed by atoms with Gasteiger partial charge < -0.3 is 20.5 Å². The van der Waals surface area contributed by atoms with Gasteiger partial charge in [0.25, 0.3) is 0 Å². The van der Waals surface area contributed by atoms with Crippen molar-refractivity contribution in [3.05, 3.63) is 17.2 Å². The van der Waals surface area contributed by atoms with Crippen LogP contribution in [0, 0.1) is 0 Å². The standard InChI is InChI=1S/C13H18N2O4/c16-11-9(7-14-19)6-10(12(17)13(11)18)8-15-4-2-1-3-5-15/h6-7,16-19H,1-5,8H2/b14-7+. The van der Waals surface area contributed by atoms with Gasteiger partial charge in [0.1, 0.15) is 0 Å². The smallest absolute Gasteiger partial charge is 0.201 e. The topological polar surface area (TPSA) is 96.5 Å². The third-order valence-corrected chi connectivity index (χ3v) is 3.40. The molecule has 0 unspecified atom stereocenters. The van der Waals surface area contributed by atoms with E-state index in [2.05, 4.69) is 10.1 Å². The van der Waals surface area contributed by atoms with E-state index in [9.17, 15) is 15.3 Å². The summed E-state index contributed by atoms with van der Waals surface area (Å²) in [6.07, 6.45) is 4.48. The highest BCUT2D eigenvalue weighted by Gasteiger charge is 2.18. The predicted octanol–water partition coefficient (Wildman–Crippen LogP) is 1.60. The molecule has 4 N–H and O–H groups in total. The Morgan fingerprint density at radius 3 is 2.37 bits per heavy atom. The molecule has 104 valence electrons. The summed E-state index contributed by atoms with van der Waals surface area (Å²) in [5.74, 6) is -1.39. The fourth-order valence-corrected chi connectivity index (χ4v) is 2.36. The highest BCUT2D eigenvalue weighted by Crippen LogP contribution is 2.40. The second kappa shape index (κ2) is 5.79. The zero-order valence-electron chi connectivity index (χ0n) is 10.6. The van der Waals surface area contributed by atoms with Gasteiger partial charge in [0.2, 0.25) is 5.75 Å². The summed E-state index contributed by atoms with van der Waals surface area (Å²) < 4.78 is 0. The lowest BCUT2D eigenvalue weighted by Gasteiger charge is -2.27. The van der Waals surface area contributed by atoms with Crippen LogP contribution in [-0.4, -0.2) is 44.7 Å². The van der Waals surface area contributed by atoms with Gasteiger partial charge >= 0.3 is 0 Å². The number of aromatic hydroxyl groups is 3. The summed E-state index contributed by atoms with van der Waals surface area (Å²) in [5.41, 5.74) is 0.678. The van der Waals surface area contributed by atoms with E-state index in [0.717, 1.165) is 32.1 Å². The lowest BCUT2D eigenvalue weighted by atomic mass is 10.1. The molecule has 0 aromatic heterocycles. The van der Waals surface area contributed by atoms with E-state index in [-0.39, 0.29) is 11.3 Å². The molecule has 2 rings (SSSR count). The number of phenols is 3. The Morgan fingerprint density at radius 2 is 1.74 bits per heavy atom. The van der Waals surface area contributed by atoms with E-state index in [0.29, 0.717) is 12.1 Å². The number of oxime groups is 1. The molecule has 1 aliphatic heterocycles. The molecule has 0 spiro atoms. The van der Waals surface area contributed by atoms with Crippen LogP contribution in [0.3, 0.4) is 0 Å². The third kappa shape index (κ3) is 2.90. The largest absolute Gasteiger partial charge is 0.504 e.